The summed E-state index contributed by atoms with van der Waals surface area (Å²) in [6, 6.07) is 3.93. The number of thiocarbonyl (C=S) groups is 1. The quantitative estimate of drug-likeness (QED) is 0.598. The minimum atomic E-state index is 0.113. The van der Waals surface area contributed by atoms with Crippen LogP contribution in [0.3, 0.4) is 0 Å². The number of furan rings is 1. The van der Waals surface area contributed by atoms with Gasteiger partial charge in [0.05, 0.1) is 12.3 Å². The largest absolute Gasteiger partial charge is 0.467 e. The van der Waals surface area contributed by atoms with Gasteiger partial charge in [0.2, 0.25) is 0 Å². The average molecular weight is 226 g/mol. The lowest BCUT2D eigenvalue weighted by Crippen LogP contribution is -2.37. The van der Waals surface area contributed by atoms with Crippen LogP contribution in [0.15, 0.2) is 22.8 Å². The summed E-state index contributed by atoms with van der Waals surface area (Å²) in [5.74, 6) is 0.898. The van der Waals surface area contributed by atoms with Crippen molar-refractivity contribution in [3.05, 3.63) is 24.2 Å². The SMILES string of the molecule is CCCCNC(=S)NC(C)c1ccco1. The van der Waals surface area contributed by atoms with E-state index < -0.39 is 0 Å². The number of nitrogens with one attached hydrogen (secondary N) is 2. The van der Waals surface area contributed by atoms with E-state index in [9.17, 15) is 0 Å². The molecule has 1 aromatic rings. The standard InChI is InChI=1S/C11H18N2OS/c1-3-4-7-12-11(15)13-9(2)10-6-5-8-14-10/h5-6,8-9H,3-4,7H2,1-2H3,(H2,12,13,15). The van der Waals surface area contributed by atoms with Crippen molar-refractivity contribution in [2.45, 2.75) is 32.7 Å². The molecule has 0 aromatic carbocycles. The molecule has 15 heavy (non-hydrogen) atoms. The van der Waals surface area contributed by atoms with Crippen molar-refractivity contribution in [1.29, 1.82) is 0 Å². The van der Waals surface area contributed by atoms with Crippen molar-refractivity contribution in [2.75, 3.05) is 6.54 Å². The van der Waals surface area contributed by atoms with Crippen LogP contribution in [0.2, 0.25) is 0 Å². The van der Waals surface area contributed by atoms with Crippen molar-refractivity contribution >= 4 is 17.3 Å². The summed E-state index contributed by atoms with van der Waals surface area (Å²) in [4.78, 5) is 0. The van der Waals surface area contributed by atoms with Crippen LogP contribution in [-0.2, 0) is 0 Å². The Labute approximate surface area is 96.2 Å². The molecule has 0 aliphatic carbocycles. The highest BCUT2D eigenvalue weighted by atomic mass is 32.1. The smallest absolute Gasteiger partial charge is 0.166 e. The monoisotopic (exact) mass is 226 g/mol. The highest BCUT2D eigenvalue weighted by Gasteiger charge is 2.08. The van der Waals surface area contributed by atoms with Gasteiger partial charge in [-0.2, -0.15) is 0 Å². The molecule has 0 saturated carbocycles. The maximum atomic E-state index is 5.27. The molecule has 1 atom stereocenters. The summed E-state index contributed by atoms with van der Waals surface area (Å²) in [7, 11) is 0. The Kier molecular flexibility index (Phi) is 5.18. The first-order valence-corrected chi connectivity index (χ1v) is 5.72. The van der Waals surface area contributed by atoms with Crippen molar-refractivity contribution in [3.8, 4) is 0 Å². The molecule has 84 valence electrons. The van der Waals surface area contributed by atoms with E-state index in [0.29, 0.717) is 5.11 Å². The molecule has 0 fully saturated rings. The van der Waals surface area contributed by atoms with Gasteiger partial charge in [-0.1, -0.05) is 13.3 Å². The molecule has 0 bridgehead atoms. The summed E-state index contributed by atoms with van der Waals surface area (Å²) in [5, 5.41) is 7.01. The van der Waals surface area contributed by atoms with E-state index in [-0.39, 0.29) is 6.04 Å². The molecule has 2 N–H and O–H groups in total. The topological polar surface area (TPSA) is 37.2 Å². The third kappa shape index (κ3) is 4.34. The van der Waals surface area contributed by atoms with Gasteiger partial charge in [0.15, 0.2) is 5.11 Å². The maximum absolute atomic E-state index is 5.27. The molecular weight excluding hydrogens is 208 g/mol. The van der Waals surface area contributed by atoms with Crippen LogP contribution in [-0.4, -0.2) is 11.7 Å². The molecule has 0 spiro atoms. The number of rotatable bonds is 5. The molecule has 4 heteroatoms. The number of unbranched alkanes of at least 4 members (excludes halogenated alkanes) is 1. The lowest BCUT2D eigenvalue weighted by atomic mass is 10.2. The number of hydrogen-bond acceptors (Lipinski definition) is 2. The van der Waals surface area contributed by atoms with Crippen molar-refractivity contribution in [1.82, 2.24) is 10.6 Å². The van der Waals surface area contributed by atoms with Gasteiger partial charge >= 0.3 is 0 Å². The molecule has 1 rings (SSSR count). The van der Waals surface area contributed by atoms with Gasteiger partial charge in [-0.05, 0) is 37.7 Å². The molecule has 0 aliphatic rings. The van der Waals surface area contributed by atoms with Gasteiger partial charge in [0.1, 0.15) is 5.76 Å². The number of hydrogen-bond donors (Lipinski definition) is 2. The van der Waals surface area contributed by atoms with E-state index in [2.05, 4.69) is 17.6 Å². The third-order valence-corrected chi connectivity index (χ3v) is 2.40. The molecule has 1 aromatic heterocycles. The second-order valence-corrected chi connectivity index (χ2v) is 3.90. The van der Waals surface area contributed by atoms with Crippen molar-refractivity contribution < 1.29 is 4.42 Å². The molecule has 1 unspecified atom stereocenters. The third-order valence-electron chi connectivity index (χ3n) is 2.13. The summed E-state index contributed by atoms with van der Waals surface area (Å²) in [5.41, 5.74) is 0. The van der Waals surface area contributed by atoms with Crippen LogP contribution < -0.4 is 10.6 Å². The Balaban J connectivity index is 2.26. The van der Waals surface area contributed by atoms with Gasteiger partial charge in [-0.3, -0.25) is 0 Å². The second-order valence-electron chi connectivity index (χ2n) is 3.49. The lowest BCUT2D eigenvalue weighted by molar-refractivity contribution is 0.462. The fourth-order valence-corrected chi connectivity index (χ4v) is 1.51. The van der Waals surface area contributed by atoms with E-state index in [1.165, 1.54) is 6.42 Å². The van der Waals surface area contributed by atoms with Gasteiger partial charge in [-0.15, -0.1) is 0 Å². The van der Waals surface area contributed by atoms with E-state index in [1.807, 2.05) is 19.1 Å². The van der Waals surface area contributed by atoms with Crippen LogP contribution in [0.1, 0.15) is 38.5 Å². The van der Waals surface area contributed by atoms with Gasteiger partial charge in [-0.25, -0.2) is 0 Å². The predicted molar refractivity (Wildman–Crippen MR) is 65.8 cm³/mol. The van der Waals surface area contributed by atoms with Crippen molar-refractivity contribution in [2.24, 2.45) is 0 Å². The van der Waals surface area contributed by atoms with Gasteiger partial charge in [0.25, 0.3) is 0 Å². The first-order valence-electron chi connectivity index (χ1n) is 5.31. The fourth-order valence-electron chi connectivity index (χ4n) is 1.24. The van der Waals surface area contributed by atoms with Crippen LogP contribution in [0.25, 0.3) is 0 Å². The minimum Gasteiger partial charge on any atom is -0.467 e. The Morgan fingerprint density at radius 3 is 3.00 bits per heavy atom. The van der Waals surface area contributed by atoms with Crippen LogP contribution in [0.4, 0.5) is 0 Å². The van der Waals surface area contributed by atoms with E-state index in [1.54, 1.807) is 6.26 Å². The molecule has 0 amide bonds. The molecule has 0 aliphatic heterocycles. The Morgan fingerprint density at radius 2 is 2.40 bits per heavy atom. The zero-order chi connectivity index (χ0) is 11.1. The zero-order valence-electron chi connectivity index (χ0n) is 9.25. The molecule has 3 nitrogen and oxygen atoms in total. The van der Waals surface area contributed by atoms with E-state index in [0.717, 1.165) is 18.7 Å². The van der Waals surface area contributed by atoms with Gasteiger partial charge < -0.3 is 15.1 Å². The fraction of sp³-hybridized carbons (Fsp3) is 0.545. The maximum Gasteiger partial charge on any atom is 0.166 e. The molecular formula is C11H18N2OS. The minimum absolute atomic E-state index is 0.113. The Bertz CT molecular complexity index is 285. The van der Waals surface area contributed by atoms with Crippen LogP contribution in [0, 0.1) is 0 Å². The van der Waals surface area contributed by atoms with E-state index in [4.69, 9.17) is 16.6 Å². The molecule has 0 saturated heterocycles. The highest BCUT2D eigenvalue weighted by Crippen LogP contribution is 2.11. The molecule has 1 heterocycles. The zero-order valence-corrected chi connectivity index (χ0v) is 10.1. The summed E-state index contributed by atoms with van der Waals surface area (Å²) >= 11 is 5.15. The predicted octanol–water partition coefficient (Wildman–Crippen LogP) is 2.60. The van der Waals surface area contributed by atoms with Crippen LogP contribution in [0.5, 0.6) is 0 Å². The first kappa shape index (κ1) is 12.0. The summed E-state index contributed by atoms with van der Waals surface area (Å²) in [6.45, 7) is 5.10. The highest BCUT2D eigenvalue weighted by molar-refractivity contribution is 7.80. The Morgan fingerprint density at radius 1 is 1.60 bits per heavy atom. The first-order chi connectivity index (χ1) is 7.24. The molecule has 0 radical (unpaired) electrons. The lowest BCUT2D eigenvalue weighted by Gasteiger charge is -2.14. The normalized spacial score (nSPS) is 12.1. The van der Waals surface area contributed by atoms with E-state index >= 15 is 0 Å². The van der Waals surface area contributed by atoms with Crippen LogP contribution >= 0.6 is 12.2 Å². The summed E-state index contributed by atoms with van der Waals surface area (Å²) in [6.07, 6.45) is 3.97. The van der Waals surface area contributed by atoms with Gasteiger partial charge in [0, 0.05) is 6.54 Å². The van der Waals surface area contributed by atoms with Crippen molar-refractivity contribution in [3.63, 3.8) is 0 Å². The second kappa shape index (κ2) is 6.45. The Hall–Kier alpha value is -1.03. The summed E-state index contributed by atoms with van der Waals surface area (Å²) < 4.78 is 5.27. The average Bonchev–Trinajstić information content (AvgIpc) is 2.70.